The SMILES string of the molecule is C[C@H](O)c1ccc2ccccc2c1OCCCF. The molecule has 3 heteroatoms. The fourth-order valence-electron chi connectivity index (χ4n) is 1.98. The number of aliphatic hydroxyl groups excluding tert-OH is 1. The molecule has 0 aliphatic rings. The molecule has 2 nitrogen and oxygen atoms in total. The average Bonchev–Trinajstić information content (AvgIpc) is 2.38. The number of aliphatic hydroxyl groups is 1. The van der Waals surface area contributed by atoms with Gasteiger partial charge in [0.05, 0.1) is 19.4 Å². The van der Waals surface area contributed by atoms with E-state index in [1.807, 2.05) is 36.4 Å². The van der Waals surface area contributed by atoms with Gasteiger partial charge in [0.15, 0.2) is 0 Å². The summed E-state index contributed by atoms with van der Waals surface area (Å²) in [6, 6.07) is 11.6. The van der Waals surface area contributed by atoms with Crippen LogP contribution >= 0.6 is 0 Å². The van der Waals surface area contributed by atoms with Gasteiger partial charge in [0.25, 0.3) is 0 Å². The predicted octanol–water partition coefficient (Wildman–Crippen LogP) is 3.63. The molecule has 0 fully saturated rings. The lowest BCUT2D eigenvalue weighted by Crippen LogP contribution is -2.03. The van der Waals surface area contributed by atoms with Gasteiger partial charge in [-0.3, -0.25) is 4.39 Å². The number of rotatable bonds is 5. The van der Waals surface area contributed by atoms with Crippen molar-refractivity contribution in [1.29, 1.82) is 0 Å². The van der Waals surface area contributed by atoms with Gasteiger partial charge in [0, 0.05) is 17.4 Å². The number of hydrogen-bond acceptors (Lipinski definition) is 2. The predicted molar refractivity (Wildman–Crippen MR) is 70.7 cm³/mol. The van der Waals surface area contributed by atoms with Crippen LogP contribution in [0.3, 0.4) is 0 Å². The van der Waals surface area contributed by atoms with E-state index in [0.29, 0.717) is 18.8 Å². The quantitative estimate of drug-likeness (QED) is 0.819. The Bertz CT molecular complexity index is 523. The van der Waals surface area contributed by atoms with Crippen molar-refractivity contribution in [3.63, 3.8) is 0 Å². The zero-order valence-electron chi connectivity index (χ0n) is 10.4. The number of fused-ring (bicyclic) bond motifs is 1. The molecular formula is C15H17FO2. The van der Waals surface area contributed by atoms with Gasteiger partial charge < -0.3 is 9.84 Å². The molecule has 18 heavy (non-hydrogen) atoms. The average molecular weight is 248 g/mol. The van der Waals surface area contributed by atoms with Crippen molar-refractivity contribution >= 4 is 10.8 Å². The molecule has 0 saturated heterocycles. The fourth-order valence-corrected chi connectivity index (χ4v) is 1.98. The van der Waals surface area contributed by atoms with Gasteiger partial charge in [-0.15, -0.1) is 0 Å². The van der Waals surface area contributed by atoms with Crippen molar-refractivity contribution in [3.05, 3.63) is 42.0 Å². The molecule has 1 atom stereocenters. The largest absolute Gasteiger partial charge is 0.492 e. The zero-order valence-corrected chi connectivity index (χ0v) is 10.4. The van der Waals surface area contributed by atoms with Gasteiger partial charge in [0.2, 0.25) is 0 Å². The highest BCUT2D eigenvalue weighted by Gasteiger charge is 2.12. The maximum absolute atomic E-state index is 12.1. The van der Waals surface area contributed by atoms with E-state index in [2.05, 4.69) is 0 Å². The van der Waals surface area contributed by atoms with Crippen LogP contribution in [-0.4, -0.2) is 18.4 Å². The third-order valence-corrected chi connectivity index (χ3v) is 2.88. The second-order valence-corrected chi connectivity index (χ2v) is 4.27. The van der Waals surface area contributed by atoms with E-state index in [4.69, 9.17) is 4.74 Å². The van der Waals surface area contributed by atoms with E-state index >= 15 is 0 Å². The van der Waals surface area contributed by atoms with Crippen LogP contribution in [0.25, 0.3) is 10.8 Å². The van der Waals surface area contributed by atoms with E-state index < -0.39 is 12.8 Å². The molecule has 0 spiro atoms. The van der Waals surface area contributed by atoms with Crippen molar-refractivity contribution in [3.8, 4) is 5.75 Å². The Morgan fingerprint density at radius 3 is 2.72 bits per heavy atom. The molecule has 0 aromatic heterocycles. The summed E-state index contributed by atoms with van der Waals surface area (Å²) in [5, 5.41) is 11.8. The Labute approximate surface area is 106 Å². The first kappa shape index (κ1) is 12.8. The van der Waals surface area contributed by atoms with Crippen molar-refractivity contribution in [2.24, 2.45) is 0 Å². The Balaban J connectivity index is 2.45. The lowest BCUT2D eigenvalue weighted by molar-refractivity contribution is 0.191. The second kappa shape index (κ2) is 5.83. The van der Waals surface area contributed by atoms with Crippen LogP contribution in [0, 0.1) is 0 Å². The van der Waals surface area contributed by atoms with Crippen LogP contribution in [-0.2, 0) is 0 Å². The van der Waals surface area contributed by atoms with Gasteiger partial charge in [-0.05, 0) is 12.3 Å². The van der Waals surface area contributed by atoms with Gasteiger partial charge in [-0.25, -0.2) is 0 Å². The maximum Gasteiger partial charge on any atom is 0.132 e. The van der Waals surface area contributed by atoms with Crippen LogP contribution in [0.1, 0.15) is 25.0 Å². The molecule has 0 bridgehead atoms. The summed E-state index contributed by atoms with van der Waals surface area (Å²) in [4.78, 5) is 0. The number of alkyl halides is 1. The summed E-state index contributed by atoms with van der Waals surface area (Å²) < 4.78 is 17.8. The standard InChI is InChI=1S/C15H17FO2/c1-11(17)13-8-7-12-5-2-3-6-14(12)15(13)18-10-4-9-16/h2-3,5-8,11,17H,4,9-10H2,1H3/t11-/m0/s1. The molecule has 96 valence electrons. The van der Waals surface area contributed by atoms with Crippen LogP contribution in [0.2, 0.25) is 0 Å². The fraction of sp³-hybridized carbons (Fsp3) is 0.333. The maximum atomic E-state index is 12.1. The minimum atomic E-state index is -0.602. The number of halogens is 1. The molecule has 0 heterocycles. The highest BCUT2D eigenvalue weighted by Crippen LogP contribution is 2.33. The highest BCUT2D eigenvalue weighted by atomic mass is 19.1. The topological polar surface area (TPSA) is 29.5 Å². The van der Waals surface area contributed by atoms with Crippen LogP contribution < -0.4 is 4.74 Å². The molecule has 2 aromatic carbocycles. The summed E-state index contributed by atoms with van der Waals surface area (Å²) >= 11 is 0. The smallest absolute Gasteiger partial charge is 0.132 e. The van der Waals surface area contributed by atoms with Gasteiger partial charge in [-0.2, -0.15) is 0 Å². The first-order valence-corrected chi connectivity index (χ1v) is 6.12. The van der Waals surface area contributed by atoms with E-state index in [9.17, 15) is 9.50 Å². The lowest BCUT2D eigenvalue weighted by atomic mass is 10.0. The van der Waals surface area contributed by atoms with Gasteiger partial charge in [-0.1, -0.05) is 36.4 Å². The van der Waals surface area contributed by atoms with E-state index in [1.165, 1.54) is 0 Å². The molecule has 2 aromatic rings. The lowest BCUT2D eigenvalue weighted by Gasteiger charge is -2.15. The van der Waals surface area contributed by atoms with Crippen molar-refractivity contribution in [2.45, 2.75) is 19.4 Å². The minimum absolute atomic E-state index is 0.324. The molecule has 0 amide bonds. The molecule has 0 aliphatic carbocycles. The molecular weight excluding hydrogens is 231 g/mol. The van der Waals surface area contributed by atoms with E-state index in [1.54, 1.807) is 6.92 Å². The molecule has 0 aliphatic heterocycles. The summed E-state index contributed by atoms with van der Waals surface area (Å²) in [7, 11) is 0. The number of ether oxygens (including phenoxy) is 1. The molecule has 0 saturated carbocycles. The van der Waals surface area contributed by atoms with Crippen molar-refractivity contribution < 1.29 is 14.2 Å². The Morgan fingerprint density at radius 2 is 2.00 bits per heavy atom. The summed E-state index contributed by atoms with van der Waals surface area (Å²) in [6.45, 7) is 1.63. The Hall–Kier alpha value is -1.61. The third kappa shape index (κ3) is 2.62. The van der Waals surface area contributed by atoms with Gasteiger partial charge >= 0.3 is 0 Å². The van der Waals surface area contributed by atoms with E-state index in [0.717, 1.165) is 16.3 Å². The van der Waals surface area contributed by atoms with Gasteiger partial charge in [0.1, 0.15) is 5.75 Å². The zero-order chi connectivity index (χ0) is 13.0. The third-order valence-electron chi connectivity index (χ3n) is 2.88. The molecule has 2 rings (SSSR count). The van der Waals surface area contributed by atoms with Crippen molar-refractivity contribution in [1.82, 2.24) is 0 Å². The Morgan fingerprint density at radius 1 is 1.22 bits per heavy atom. The molecule has 1 N–H and O–H groups in total. The van der Waals surface area contributed by atoms with Crippen LogP contribution in [0.15, 0.2) is 36.4 Å². The number of hydrogen-bond donors (Lipinski definition) is 1. The summed E-state index contributed by atoms with van der Waals surface area (Å²) in [5.74, 6) is 0.663. The second-order valence-electron chi connectivity index (χ2n) is 4.27. The first-order chi connectivity index (χ1) is 8.74. The summed E-state index contributed by atoms with van der Waals surface area (Å²) in [6.07, 6.45) is -0.238. The monoisotopic (exact) mass is 248 g/mol. The highest BCUT2D eigenvalue weighted by molar-refractivity contribution is 5.89. The Kier molecular flexibility index (Phi) is 4.15. The molecule has 0 radical (unpaired) electrons. The van der Waals surface area contributed by atoms with Crippen molar-refractivity contribution in [2.75, 3.05) is 13.3 Å². The number of benzene rings is 2. The van der Waals surface area contributed by atoms with Crippen LogP contribution in [0.4, 0.5) is 4.39 Å². The summed E-state index contributed by atoms with van der Waals surface area (Å²) in [5.41, 5.74) is 0.743. The van der Waals surface area contributed by atoms with Crippen LogP contribution in [0.5, 0.6) is 5.75 Å². The van der Waals surface area contributed by atoms with E-state index in [-0.39, 0.29) is 0 Å². The molecule has 0 unspecified atom stereocenters. The normalized spacial score (nSPS) is 12.6. The first-order valence-electron chi connectivity index (χ1n) is 6.12. The minimum Gasteiger partial charge on any atom is -0.492 e.